The molecule has 0 amide bonds. The van der Waals surface area contributed by atoms with Crippen molar-refractivity contribution in [1.29, 1.82) is 0 Å². The molecule has 1 aromatic heterocycles. The van der Waals surface area contributed by atoms with Crippen LogP contribution in [0.4, 0.5) is 4.39 Å². The molecule has 0 saturated heterocycles. The number of nitrogens with one attached hydrogen (secondary N) is 1. The van der Waals surface area contributed by atoms with E-state index in [4.69, 9.17) is 0 Å². The van der Waals surface area contributed by atoms with Crippen molar-refractivity contribution in [3.63, 3.8) is 0 Å². The monoisotopic (exact) mass is 351 g/mol. The van der Waals surface area contributed by atoms with Crippen molar-refractivity contribution in [3.05, 3.63) is 84.7 Å². The minimum Gasteiger partial charge on any atom is -0.353 e. The molecule has 0 bridgehead atoms. The fourth-order valence-electron chi connectivity index (χ4n) is 2.94. The van der Waals surface area contributed by atoms with Gasteiger partial charge in [-0.1, -0.05) is 48.5 Å². The Morgan fingerprint density at radius 1 is 0.760 bits per heavy atom. The van der Waals surface area contributed by atoms with Gasteiger partial charge in [0.15, 0.2) is 0 Å². The van der Waals surface area contributed by atoms with Crippen molar-refractivity contribution in [1.82, 2.24) is 4.98 Å². The Bertz CT molecular complexity index is 1150. The minimum absolute atomic E-state index is 0.0656. The fraction of sp³-hybridized carbons (Fsp3) is 0. The van der Waals surface area contributed by atoms with Gasteiger partial charge in [0, 0.05) is 10.9 Å². The molecule has 0 aliphatic carbocycles. The molecule has 4 aromatic rings. The van der Waals surface area contributed by atoms with Gasteiger partial charge in [0.1, 0.15) is 10.7 Å². The van der Waals surface area contributed by atoms with E-state index in [1.54, 1.807) is 12.1 Å². The number of aromatic amines is 1. The number of halogens is 1. The lowest BCUT2D eigenvalue weighted by Gasteiger charge is -2.07. The van der Waals surface area contributed by atoms with Crippen molar-refractivity contribution in [2.45, 2.75) is 9.79 Å². The van der Waals surface area contributed by atoms with E-state index in [1.165, 1.54) is 12.1 Å². The van der Waals surface area contributed by atoms with Gasteiger partial charge in [0.05, 0.1) is 10.6 Å². The molecule has 1 N–H and O–H groups in total. The molecule has 0 atom stereocenters. The maximum atomic E-state index is 13.3. The largest absolute Gasteiger partial charge is 0.353 e. The Kier molecular flexibility index (Phi) is 3.66. The summed E-state index contributed by atoms with van der Waals surface area (Å²) in [5.74, 6) is -0.471. The number of sulfone groups is 1. The summed E-state index contributed by atoms with van der Waals surface area (Å²) in [5.41, 5.74) is 2.05. The Morgan fingerprint density at radius 2 is 1.40 bits per heavy atom. The van der Waals surface area contributed by atoms with Gasteiger partial charge >= 0.3 is 0 Å². The van der Waals surface area contributed by atoms with Crippen LogP contribution in [0.25, 0.3) is 22.2 Å². The Balaban J connectivity index is 2.05. The zero-order valence-corrected chi connectivity index (χ0v) is 13.9. The zero-order chi connectivity index (χ0) is 17.4. The van der Waals surface area contributed by atoms with Crippen LogP contribution in [0.3, 0.4) is 0 Å². The average Bonchev–Trinajstić information content (AvgIpc) is 3.03. The molecule has 4 rings (SSSR count). The molecule has 124 valence electrons. The maximum Gasteiger partial charge on any atom is 0.209 e. The normalized spacial score (nSPS) is 11.7. The molecule has 3 aromatic carbocycles. The molecule has 1 heterocycles. The fourth-order valence-corrected chi connectivity index (χ4v) is 4.57. The number of hydrogen-bond acceptors (Lipinski definition) is 2. The van der Waals surface area contributed by atoms with E-state index in [1.807, 2.05) is 42.5 Å². The summed E-state index contributed by atoms with van der Waals surface area (Å²) in [6.45, 7) is 0. The van der Waals surface area contributed by atoms with E-state index in [0.717, 1.165) is 23.2 Å². The van der Waals surface area contributed by atoms with Crippen LogP contribution in [0.2, 0.25) is 0 Å². The molecule has 0 aliphatic heterocycles. The third kappa shape index (κ3) is 2.62. The van der Waals surface area contributed by atoms with Gasteiger partial charge in [0.25, 0.3) is 0 Å². The second-order valence-corrected chi connectivity index (χ2v) is 7.58. The molecular formula is C20H14FNO2S. The number of para-hydroxylation sites is 1. The number of aromatic nitrogens is 1. The van der Waals surface area contributed by atoms with E-state index in [-0.39, 0.29) is 9.79 Å². The molecule has 3 nitrogen and oxygen atoms in total. The summed E-state index contributed by atoms with van der Waals surface area (Å²) < 4.78 is 39.8. The topological polar surface area (TPSA) is 49.9 Å². The molecule has 0 spiro atoms. The Labute approximate surface area is 144 Å². The maximum absolute atomic E-state index is 13.3. The first kappa shape index (κ1) is 15.6. The SMILES string of the molecule is O=S(=O)(c1ccc(F)cc1)c1c(-c2ccccc2)[nH]c2ccccc12. The van der Waals surface area contributed by atoms with E-state index in [2.05, 4.69) is 4.98 Å². The smallest absolute Gasteiger partial charge is 0.209 e. The van der Waals surface area contributed by atoms with E-state index >= 15 is 0 Å². The quantitative estimate of drug-likeness (QED) is 0.539. The standard InChI is InChI=1S/C20H14FNO2S/c21-15-10-12-16(13-11-15)25(23,24)20-17-8-4-5-9-18(17)22-19(20)14-6-2-1-3-7-14/h1-13,22H. The zero-order valence-electron chi connectivity index (χ0n) is 13.1. The lowest BCUT2D eigenvalue weighted by Crippen LogP contribution is -2.03. The van der Waals surface area contributed by atoms with Crippen LogP contribution in [-0.4, -0.2) is 13.4 Å². The summed E-state index contributed by atoms with van der Waals surface area (Å²) >= 11 is 0. The molecule has 0 unspecified atom stereocenters. The van der Waals surface area contributed by atoms with Crippen LogP contribution >= 0.6 is 0 Å². The second kappa shape index (κ2) is 5.86. The molecule has 25 heavy (non-hydrogen) atoms. The average molecular weight is 351 g/mol. The Morgan fingerprint density at radius 3 is 2.12 bits per heavy atom. The van der Waals surface area contributed by atoms with Gasteiger partial charge in [-0.2, -0.15) is 0 Å². The molecule has 0 saturated carbocycles. The van der Waals surface area contributed by atoms with Gasteiger partial charge in [-0.25, -0.2) is 12.8 Å². The molecule has 5 heteroatoms. The summed E-state index contributed by atoms with van der Waals surface area (Å²) in [6.07, 6.45) is 0. The predicted octanol–water partition coefficient (Wildman–Crippen LogP) is 4.81. The minimum atomic E-state index is -3.82. The summed E-state index contributed by atoms with van der Waals surface area (Å²) in [5, 5.41) is 0.616. The summed E-state index contributed by atoms with van der Waals surface area (Å²) in [7, 11) is -3.82. The van der Waals surface area contributed by atoms with Crippen molar-refractivity contribution in [3.8, 4) is 11.3 Å². The van der Waals surface area contributed by atoms with E-state index in [0.29, 0.717) is 11.1 Å². The van der Waals surface area contributed by atoms with Crippen LogP contribution in [0.1, 0.15) is 0 Å². The highest BCUT2D eigenvalue weighted by atomic mass is 32.2. The van der Waals surface area contributed by atoms with Gasteiger partial charge < -0.3 is 4.98 Å². The lowest BCUT2D eigenvalue weighted by molar-refractivity contribution is 0.596. The van der Waals surface area contributed by atoms with Gasteiger partial charge in [-0.05, 0) is 35.9 Å². The summed E-state index contributed by atoms with van der Waals surface area (Å²) in [4.78, 5) is 3.49. The van der Waals surface area contributed by atoms with Gasteiger partial charge in [0.2, 0.25) is 9.84 Å². The number of hydrogen-bond donors (Lipinski definition) is 1. The Hall–Kier alpha value is -2.92. The molecular weight excluding hydrogens is 337 g/mol. The summed E-state index contributed by atoms with van der Waals surface area (Å²) in [6, 6.07) is 21.5. The number of fused-ring (bicyclic) bond motifs is 1. The van der Waals surface area contributed by atoms with Gasteiger partial charge in [-0.3, -0.25) is 0 Å². The molecule has 0 aliphatic rings. The first-order chi connectivity index (χ1) is 12.1. The highest BCUT2D eigenvalue weighted by molar-refractivity contribution is 7.91. The third-order valence-corrected chi connectivity index (χ3v) is 5.97. The van der Waals surface area contributed by atoms with E-state index in [9.17, 15) is 12.8 Å². The van der Waals surface area contributed by atoms with Crippen LogP contribution in [0.5, 0.6) is 0 Å². The molecule has 0 radical (unpaired) electrons. The van der Waals surface area contributed by atoms with Crippen LogP contribution in [0.15, 0.2) is 88.7 Å². The second-order valence-electron chi connectivity index (χ2n) is 5.70. The van der Waals surface area contributed by atoms with Crippen LogP contribution < -0.4 is 0 Å². The number of H-pyrrole nitrogens is 1. The van der Waals surface area contributed by atoms with E-state index < -0.39 is 15.7 Å². The highest BCUT2D eigenvalue weighted by Gasteiger charge is 2.26. The molecule has 0 fully saturated rings. The van der Waals surface area contributed by atoms with Crippen LogP contribution in [-0.2, 0) is 9.84 Å². The first-order valence-electron chi connectivity index (χ1n) is 7.74. The van der Waals surface area contributed by atoms with Crippen molar-refractivity contribution >= 4 is 20.7 Å². The highest BCUT2D eigenvalue weighted by Crippen LogP contribution is 2.37. The number of rotatable bonds is 3. The lowest BCUT2D eigenvalue weighted by atomic mass is 10.1. The van der Waals surface area contributed by atoms with Gasteiger partial charge in [-0.15, -0.1) is 0 Å². The van der Waals surface area contributed by atoms with Crippen molar-refractivity contribution in [2.24, 2.45) is 0 Å². The third-order valence-electron chi connectivity index (χ3n) is 4.11. The van der Waals surface area contributed by atoms with Crippen molar-refractivity contribution in [2.75, 3.05) is 0 Å². The van der Waals surface area contributed by atoms with Crippen molar-refractivity contribution < 1.29 is 12.8 Å². The van der Waals surface area contributed by atoms with Crippen LogP contribution in [0, 0.1) is 5.82 Å². The predicted molar refractivity (Wildman–Crippen MR) is 95.6 cm³/mol. The first-order valence-corrected chi connectivity index (χ1v) is 9.22. The number of benzene rings is 3.